The molecule has 4 nitrogen and oxygen atoms in total. The highest BCUT2D eigenvalue weighted by molar-refractivity contribution is 5.98. The summed E-state index contributed by atoms with van der Waals surface area (Å²) >= 11 is 0. The molecule has 0 fully saturated rings. The molecule has 2 N–H and O–H groups in total. The molecule has 0 aliphatic carbocycles. The maximum Gasteiger partial charge on any atom is 0.119 e. The summed E-state index contributed by atoms with van der Waals surface area (Å²) in [6.45, 7) is 3.70. The lowest BCUT2D eigenvalue weighted by Crippen LogP contribution is -2.19. The maximum atomic E-state index is 9.86. The molecule has 0 spiro atoms. The van der Waals surface area contributed by atoms with Gasteiger partial charge >= 0.3 is 0 Å². The number of benzene rings is 3. The molecular formula is C29H35NO3. The first-order chi connectivity index (χ1) is 16.0. The zero-order chi connectivity index (χ0) is 23.6. The van der Waals surface area contributed by atoms with Crippen LogP contribution in [0.1, 0.15) is 49.3 Å². The van der Waals surface area contributed by atoms with Gasteiger partial charge in [-0.15, -0.1) is 0 Å². The van der Waals surface area contributed by atoms with Gasteiger partial charge in [0.1, 0.15) is 23.9 Å². The smallest absolute Gasteiger partial charge is 0.119 e. The van der Waals surface area contributed by atoms with Crippen molar-refractivity contribution in [1.29, 1.82) is 0 Å². The van der Waals surface area contributed by atoms with Crippen molar-refractivity contribution in [3.8, 4) is 17.2 Å². The van der Waals surface area contributed by atoms with Crippen molar-refractivity contribution in [1.82, 2.24) is 4.90 Å². The van der Waals surface area contributed by atoms with E-state index in [1.54, 1.807) is 24.3 Å². The zero-order valence-corrected chi connectivity index (χ0v) is 19.9. The molecule has 3 aromatic carbocycles. The molecule has 0 saturated heterocycles. The molecule has 0 bridgehead atoms. The van der Waals surface area contributed by atoms with Gasteiger partial charge in [-0.25, -0.2) is 0 Å². The third-order valence-corrected chi connectivity index (χ3v) is 5.63. The van der Waals surface area contributed by atoms with Crippen molar-refractivity contribution in [2.45, 2.75) is 32.6 Å². The maximum absolute atomic E-state index is 9.86. The Morgan fingerprint density at radius 3 is 1.94 bits per heavy atom. The quantitative estimate of drug-likeness (QED) is 0.259. The van der Waals surface area contributed by atoms with Gasteiger partial charge < -0.3 is 19.8 Å². The minimum absolute atomic E-state index is 0.243. The van der Waals surface area contributed by atoms with Crippen molar-refractivity contribution >= 4 is 11.1 Å². The third-order valence-electron chi connectivity index (χ3n) is 5.63. The van der Waals surface area contributed by atoms with E-state index in [-0.39, 0.29) is 11.5 Å². The summed E-state index contributed by atoms with van der Waals surface area (Å²) in [6.07, 6.45) is 4.30. The number of ether oxygens (including phenoxy) is 1. The molecule has 33 heavy (non-hydrogen) atoms. The molecule has 3 rings (SSSR count). The van der Waals surface area contributed by atoms with E-state index in [2.05, 4.69) is 24.0 Å². The fourth-order valence-corrected chi connectivity index (χ4v) is 3.86. The van der Waals surface area contributed by atoms with Crippen LogP contribution in [0.3, 0.4) is 0 Å². The van der Waals surface area contributed by atoms with Gasteiger partial charge in [0.05, 0.1) is 0 Å². The summed E-state index contributed by atoms with van der Waals surface area (Å²) in [5.41, 5.74) is 5.53. The highest BCUT2D eigenvalue weighted by Gasteiger charge is 2.15. The second-order valence-corrected chi connectivity index (χ2v) is 8.58. The van der Waals surface area contributed by atoms with Crippen LogP contribution in [0, 0.1) is 0 Å². The van der Waals surface area contributed by atoms with Gasteiger partial charge in [0.25, 0.3) is 0 Å². The van der Waals surface area contributed by atoms with E-state index >= 15 is 0 Å². The fourth-order valence-electron chi connectivity index (χ4n) is 3.86. The number of rotatable bonds is 11. The first-order valence-corrected chi connectivity index (χ1v) is 11.7. The van der Waals surface area contributed by atoms with Gasteiger partial charge in [-0.1, -0.05) is 56.2 Å². The predicted octanol–water partition coefficient (Wildman–Crippen LogP) is 6.58. The van der Waals surface area contributed by atoms with Gasteiger partial charge in [-0.3, -0.25) is 0 Å². The van der Waals surface area contributed by atoms with Gasteiger partial charge in [-0.05, 0) is 91.2 Å². The molecule has 0 amide bonds. The van der Waals surface area contributed by atoms with Crippen LogP contribution in [-0.2, 0) is 0 Å². The first-order valence-electron chi connectivity index (χ1n) is 11.7. The van der Waals surface area contributed by atoms with E-state index in [0.717, 1.165) is 60.2 Å². The van der Waals surface area contributed by atoms with Gasteiger partial charge in [0.15, 0.2) is 0 Å². The summed E-state index contributed by atoms with van der Waals surface area (Å²) in [6, 6.07) is 23.0. The molecule has 0 aromatic heterocycles. The molecule has 3 aromatic rings. The molecule has 0 aliphatic rings. The SMILES string of the molecule is CCCCCC(=C(c1ccc(O)cc1)c1ccc(O)cc1)c1cccc(OCCN(C)C)c1. The second-order valence-electron chi connectivity index (χ2n) is 8.58. The summed E-state index contributed by atoms with van der Waals surface area (Å²) in [4.78, 5) is 2.10. The lowest BCUT2D eigenvalue weighted by Gasteiger charge is -2.19. The highest BCUT2D eigenvalue weighted by Crippen LogP contribution is 2.37. The van der Waals surface area contributed by atoms with Crippen molar-refractivity contribution in [2.24, 2.45) is 0 Å². The Balaban J connectivity index is 2.12. The van der Waals surface area contributed by atoms with Gasteiger partial charge in [0.2, 0.25) is 0 Å². The van der Waals surface area contributed by atoms with Gasteiger partial charge in [-0.2, -0.15) is 0 Å². The molecule has 0 aliphatic heterocycles. The average molecular weight is 446 g/mol. The van der Waals surface area contributed by atoms with Crippen LogP contribution < -0.4 is 4.74 Å². The Hall–Kier alpha value is -3.24. The Bertz CT molecular complexity index is 990. The Kier molecular flexibility index (Phi) is 8.96. The molecular weight excluding hydrogens is 410 g/mol. The van der Waals surface area contributed by atoms with Crippen LogP contribution >= 0.6 is 0 Å². The number of phenolic OH excluding ortho intramolecular Hbond substituents is 2. The lowest BCUT2D eigenvalue weighted by atomic mass is 9.86. The average Bonchev–Trinajstić information content (AvgIpc) is 2.80. The normalized spacial score (nSPS) is 10.9. The van der Waals surface area contributed by atoms with Crippen molar-refractivity contribution < 1.29 is 14.9 Å². The first kappa shape index (κ1) is 24.4. The van der Waals surface area contributed by atoms with Crippen molar-refractivity contribution in [3.05, 3.63) is 89.5 Å². The number of phenols is 2. The van der Waals surface area contributed by atoms with E-state index in [4.69, 9.17) is 4.74 Å². The molecule has 0 saturated carbocycles. The fraction of sp³-hybridized carbons (Fsp3) is 0.310. The topological polar surface area (TPSA) is 52.9 Å². The Morgan fingerprint density at radius 2 is 1.39 bits per heavy atom. The molecule has 0 heterocycles. The van der Waals surface area contributed by atoms with E-state index in [1.807, 2.05) is 50.5 Å². The Morgan fingerprint density at radius 1 is 0.788 bits per heavy atom. The molecule has 0 unspecified atom stereocenters. The monoisotopic (exact) mass is 445 g/mol. The summed E-state index contributed by atoms with van der Waals surface area (Å²) in [5.74, 6) is 1.35. The highest BCUT2D eigenvalue weighted by atomic mass is 16.5. The van der Waals surface area contributed by atoms with Crippen LogP contribution in [-0.4, -0.2) is 42.4 Å². The molecule has 0 atom stereocenters. The number of hydrogen-bond donors (Lipinski definition) is 2. The third kappa shape index (κ3) is 7.13. The minimum Gasteiger partial charge on any atom is -0.508 e. The molecule has 0 radical (unpaired) electrons. The Labute approximate surface area is 197 Å². The van der Waals surface area contributed by atoms with E-state index in [1.165, 1.54) is 5.57 Å². The second kappa shape index (κ2) is 12.1. The van der Waals surface area contributed by atoms with Crippen molar-refractivity contribution in [2.75, 3.05) is 27.2 Å². The van der Waals surface area contributed by atoms with E-state index in [9.17, 15) is 10.2 Å². The lowest BCUT2D eigenvalue weighted by molar-refractivity contribution is 0.261. The number of unbranched alkanes of at least 4 members (excludes halogenated alkanes) is 2. The largest absolute Gasteiger partial charge is 0.508 e. The number of nitrogens with zero attached hydrogens (tertiary/aromatic N) is 1. The molecule has 4 heteroatoms. The van der Waals surface area contributed by atoms with Crippen LogP contribution in [0.25, 0.3) is 11.1 Å². The standard InChI is InChI=1S/C29H35NO3/c1-4-5-6-10-28(24-8-7-9-27(21-24)33-20-19-30(2)3)29(22-11-15-25(31)16-12-22)23-13-17-26(32)18-14-23/h7-9,11-18,21,31-32H,4-6,10,19-20H2,1-3H3. The minimum atomic E-state index is 0.243. The van der Waals surface area contributed by atoms with Crippen LogP contribution in [0.2, 0.25) is 0 Å². The summed E-state index contributed by atoms with van der Waals surface area (Å²) < 4.78 is 6.03. The number of allylic oxidation sites excluding steroid dienone is 1. The number of hydrogen-bond acceptors (Lipinski definition) is 4. The van der Waals surface area contributed by atoms with Crippen LogP contribution in [0.5, 0.6) is 17.2 Å². The zero-order valence-electron chi connectivity index (χ0n) is 19.9. The predicted molar refractivity (Wildman–Crippen MR) is 137 cm³/mol. The van der Waals surface area contributed by atoms with E-state index < -0.39 is 0 Å². The van der Waals surface area contributed by atoms with E-state index in [0.29, 0.717) is 6.61 Å². The summed E-state index contributed by atoms with van der Waals surface area (Å²) in [5, 5.41) is 19.7. The van der Waals surface area contributed by atoms with Crippen LogP contribution in [0.15, 0.2) is 72.8 Å². The number of aromatic hydroxyl groups is 2. The van der Waals surface area contributed by atoms with Crippen LogP contribution in [0.4, 0.5) is 0 Å². The number of likely N-dealkylation sites (N-methyl/N-ethyl adjacent to an activating group) is 1. The molecule has 174 valence electrons. The van der Waals surface area contributed by atoms with Crippen molar-refractivity contribution in [3.63, 3.8) is 0 Å². The summed E-state index contributed by atoms with van der Waals surface area (Å²) in [7, 11) is 4.08. The van der Waals surface area contributed by atoms with Gasteiger partial charge in [0, 0.05) is 6.54 Å².